The van der Waals surface area contributed by atoms with E-state index in [1.54, 1.807) is 6.92 Å². The maximum absolute atomic E-state index is 12.1. The second-order valence-electron chi connectivity index (χ2n) is 5.14. The van der Waals surface area contributed by atoms with Crippen LogP contribution in [-0.4, -0.2) is 36.0 Å². The normalized spacial score (nSPS) is 27.6. The number of amides is 2. The minimum Gasteiger partial charge on any atom is -0.481 e. The van der Waals surface area contributed by atoms with Crippen LogP contribution in [0.3, 0.4) is 0 Å². The van der Waals surface area contributed by atoms with Crippen LogP contribution >= 0.6 is 0 Å². The fourth-order valence-electron chi connectivity index (χ4n) is 2.64. The molecule has 4 atom stereocenters. The Kier molecular flexibility index (Phi) is 5.32. The lowest BCUT2D eigenvalue weighted by Crippen LogP contribution is -2.46. The Morgan fingerprint density at radius 1 is 1.26 bits per heavy atom. The summed E-state index contributed by atoms with van der Waals surface area (Å²) in [5, 5.41) is 14.2. The van der Waals surface area contributed by atoms with Gasteiger partial charge in [-0.1, -0.05) is 13.3 Å². The predicted octanol–water partition coefficient (Wildman–Crippen LogP) is 0.374. The fourth-order valence-corrected chi connectivity index (χ4v) is 2.64. The van der Waals surface area contributed by atoms with Crippen LogP contribution in [0, 0.1) is 17.8 Å². The highest BCUT2D eigenvalue weighted by Crippen LogP contribution is 2.38. The molecule has 0 heterocycles. The molecule has 1 fully saturated rings. The third-order valence-corrected chi connectivity index (χ3v) is 3.89. The summed E-state index contributed by atoms with van der Waals surface area (Å²) in [7, 11) is 1.49. The van der Waals surface area contributed by atoms with Gasteiger partial charge >= 0.3 is 5.97 Å². The van der Waals surface area contributed by atoms with Gasteiger partial charge in [0, 0.05) is 7.05 Å². The smallest absolute Gasteiger partial charge is 0.307 e. The summed E-state index contributed by atoms with van der Waals surface area (Å²) in [5.74, 6) is -2.45. The van der Waals surface area contributed by atoms with Crippen LogP contribution in [0.4, 0.5) is 0 Å². The quantitative estimate of drug-likeness (QED) is 0.672. The van der Waals surface area contributed by atoms with Gasteiger partial charge in [0.05, 0.1) is 11.8 Å². The number of carboxylic acid groups (broad SMARTS) is 1. The number of rotatable bonds is 5. The van der Waals surface area contributed by atoms with E-state index in [9.17, 15) is 19.5 Å². The molecule has 0 spiro atoms. The first-order valence-electron chi connectivity index (χ1n) is 6.65. The van der Waals surface area contributed by atoms with Gasteiger partial charge in [0.15, 0.2) is 0 Å². The van der Waals surface area contributed by atoms with Crippen molar-refractivity contribution in [3.63, 3.8) is 0 Å². The number of nitrogens with one attached hydrogen (secondary N) is 2. The first-order chi connectivity index (χ1) is 8.90. The molecular weight excluding hydrogens is 248 g/mol. The highest BCUT2D eigenvalue weighted by Gasteiger charge is 2.42. The van der Waals surface area contributed by atoms with Crippen LogP contribution in [0.5, 0.6) is 0 Å². The van der Waals surface area contributed by atoms with Gasteiger partial charge in [0.25, 0.3) is 0 Å². The molecule has 6 nitrogen and oxygen atoms in total. The van der Waals surface area contributed by atoms with Gasteiger partial charge in [-0.3, -0.25) is 14.4 Å². The topological polar surface area (TPSA) is 95.5 Å². The Balaban J connectivity index is 2.69. The molecule has 2 unspecified atom stereocenters. The SMILES string of the molecule is CCC1C[C@H](C(=O)NC(C)C(=O)NC)[C@H](C(=O)O)C1. The molecule has 108 valence electrons. The summed E-state index contributed by atoms with van der Waals surface area (Å²) in [5.41, 5.74) is 0. The molecule has 0 aromatic carbocycles. The number of carbonyl (C=O) groups excluding carboxylic acids is 2. The zero-order valence-electron chi connectivity index (χ0n) is 11.6. The molecule has 0 bridgehead atoms. The van der Waals surface area contributed by atoms with Crippen LogP contribution in [0.2, 0.25) is 0 Å². The maximum atomic E-state index is 12.1. The van der Waals surface area contributed by atoms with Crippen molar-refractivity contribution in [1.29, 1.82) is 0 Å². The van der Waals surface area contributed by atoms with Crippen molar-refractivity contribution in [2.45, 2.75) is 39.2 Å². The Labute approximate surface area is 112 Å². The second kappa shape index (κ2) is 6.54. The molecule has 1 rings (SSSR count). The largest absolute Gasteiger partial charge is 0.481 e. The number of likely N-dealkylation sites (N-methyl/N-ethyl adjacent to an activating group) is 1. The third kappa shape index (κ3) is 3.68. The molecule has 0 aromatic rings. The van der Waals surface area contributed by atoms with Crippen molar-refractivity contribution < 1.29 is 19.5 Å². The molecule has 2 amide bonds. The minimum atomic E-state index is -0.927. The van der Waals surface area contributed by atoms with E-state index < -0.39 is 23.8 Å². The van der Waals surface area contributed by atoms with Crippen LogP contribution < -0.4 is 10.6 Å². The van der Waals surface area contributed by atoms with Gasteiger partial charge in [-0.05, 0) is 25.7 Å². The Hall–Kier alpha value is -1.59. The van der Waals surface area contributed by atoms with E-state index in [-0.39, 0.29) is 17.7 Å². The molecule has 0 saturated heterocycles. The van der Waals surface area contributed by atoms with E-state index in [2.05, 4.69) is 10.6 Å². The van der Waals surface area contributed by atoms with Gasteiger partial charge in [0.2, 0.25) is 11.8 Å². The lowest BCUT2D eigenvalue weighted by Gasteiger charge is -2.18. The molecule has 1 aliphatic rings. The van der Waals surface area contributed by atoms with Gasteiger partial charge in [-0.2, -0.15) is 0 Å². The average Bonchev–Trinajstić information content (AvgIpc) is 2.81. The van der Waals surface area contributed by atoms with Crippen LogP contribution in [0.25, 0.3) is 0 Å². The van der Waals surface area contributed by atoms with Crippen molar-refractivity contribution >= 4 is 17.8 Å². The molecule has 19 heavy (non-hydrogen) atoms. The van der Waals surface area contributed by atoms with Crippen molar-refractivity contribution in [1.82, 2.24) is 10.6 Å². The monoisotopic (exact) mass is 270 g/mol. The van der Waals surface area contributed by atoms with E-state index in [1.807, 2.05) is 6.92 Å². The maximum Gasteiger partial charge on any atom is 0.307 e. The minimum absolute atomic E-state index is 0.271. The number of carbonyl (C=O) groups is 3. The average molecular weight is 270 g/mol. The lowest BCUT2D eigenvalue weighted by molar-refractivity contribution is -0.146. The fraction of sp³-hybridized carbons (Fsp3) is 0.769. The summed E-state index contributed by atoms with van der Waals surface area (Å²) < 4.78 is 0. The zero-order valence-corrected chi connectivity index (χ0v) is 11.6. The molecule has 1 saturated carbocycles. The molecule has 1 aliphatic carbocycles. The molecular formula is C13H22N2O4. The van der Waals surface area contributed by atoms with Crippen molar-refractivity contribution in [2.24, 2.45) is 17.8 Å². The Morgan fingerprint density at radius 2 is 1.84 bits per heavy atom. The number of hydrogen-bond donors (Lipinski definition) is 3. The third-order valence-electron chi connectivity index (χ3n) is 3.89. The van der Waals surface area contributed by atoms with E-state index in [1.165, 1.54) is 7.05 Å². The van der Waals surface area contributed by atoms with Crippen LogP contribution in [0.1, 0.15) is 33.1 Å². The first kappa shape index (κ1) is 15.5. The highest BCUT2D eigenvalue weighted by molar-refractivity contribution is 5.90. The number of carboxylic acids is 1. The summed E-state index contributed by atoms with van der Waals surface area (Å²) in [6.45, 7) is 3.58. The summed E-state index contributed by atoms with van der Waals surface area (Å²) in [6, 6.07) is -0.646. The van der Waals surface area contributed by atoms with Crippen LogP contribution in [-0.2, 0) is 14.4 Å². The van der Waals surface area contributed by atoms with Crippen molar-refractivity contribution in [3.05, 3.63) is 0 Å². The Morgan fingerprint density at radius 3 is 2.32 bits per heavy atom. The van der Waals surface area contributed by atoms with E-state index >= 15 is 0 Å². The van der Waals surface area contributed by atoms with E-state index in [0.717, 1.165) is 6.42 Å². The summed E-state index contributed by atoms with van der Waals surface area (Å²) >= 11 is 0. The zero-order chi connectivity index (χ0) is 14.6. The molecule has 0 radical (unpaired) electrons. The van der Waals surface area contributed by atoms with E-state index in [0.29, 0.717) is 12.8 Å². The second-order valence-corrected chi connectivity index (χ2v) is 5.14. The van der Waals surface area contributed by atoms with Crippen molar-refractivity contribution in [2.75, 3.05) is 7.05 Å². The van der Waals surface area contributed by atoms with Gasteiger partial charge in [0.1, 0.15) is 6.04 Å². The van der Waals surface area contributed by atoms with E-state index in [4.69, 9.17) is 0 Å². The van der Waals surface area contributed by atoms with Gasteiger partial charge in [-0.25, -0.2) is 0 Å². The number of aliphatic carboxylic acids is 1. The summed E-state index contributed by atoms with van der Waals surface area (Å²) in [6.07, 6.45) is 2.00. The molecule has 6 heteroatoms. The van der Waals surface area contributed by atoms with Gasteiger partial charge in [-0.15, -0.1) is 0 Å². The lowest BCUT2D eigenvalue weighted by atomic mass is 9.95. The van der Waals surface area contributed by atoms with Gasteiger partial charge < -0.3 is 15.7 Å². The van der Waals surface area contributed by atoms with Crippen molar-refractivity contribution in [3.8, 4) is 0 Å². The number of hydrogen-bond acceptors (Lipinski definition) is 3. The first-order valence-corrected chi connectivity index (χ1v) is 6.65. The summed E-state index contributed by atoms with van der Waals surface area (Å²) in [4.78, 5) is 34.6. The predicted molar refractivity (Wildman–Crippen MR) is 69.3 cm³/mol. The standard InChI is InChI=1S/C13H22N2O4/c1-4-8-5-9(10(6-8)13(18)19)12(17)15-7(2)11(16)14-3/h7-10H,4-6H2,1-3H3,(H,14,16)(H,15,17)(H,18,19)/t7?,8?,9-,10+/m0/s1. The Bertz CT molecular complexity index is 370. The molecule has 3 N–H and O–H groups in total. The van der Waals surface area contributed by atoms with Crippen LogP contribution in [0.15, 0.2) is 0 Å². The molecule has 0 aromatic heterocycles. The molecule has 0 aliphatic heterocycles. The highest BCUT2D eigenvalue weighted by atomic mass is 16.4.